The Morgan fingerprint density at radius 1 is 1.41 bits per heavy atom. The van der Waals surface area contributed by atoms with Gasteiger partial charge in [0, 0.05) is 29.7 Å². The second kappa shape index (κ2) is 8.46. The van der Waals surface area contributed by atoms with Gasteiger partial charge in [0.25, 0.3) is 0 Å². The standard InChI is InChI=1S/C19H23N5O2S/c1-12-14(10-20)11-22-17(18(12)26)19-23-15(13(2)27-19)9-16(25)21-5-8-24-6-3-4-7-24/h11,26H,3-9H2,1-2H3,(H,21,25). The SMILES string of the molecule is Cc1sc(-c2ncc(C#N)c(C)c2O)nc1CC(=O)NCCN1CCCC1. The highest BCUT2D eigenvalue weighted by Crippen LogP contribution is 2.35. The molecular weight excluding hydrogens is 362 g/mol. The molecule has 142 valence electrons. The lowest BCUT2D eigenvalue weighted by Gasteiger charge is -2.14. The Hall–Kier alpha value is -2.50. The minimum absolute atomic E-state index is 0.0376. The van der Waals surface area contributed by atoms with Crippen molar-refractivity contribution >= 4 is 17.2 Å². The van der Waals surface area contributed by atoms with Crippen LogP contribution in [0.3, 0.4) is 0 Å². The van der Waals surface area contributed by atoms with Gasteiger partial charge in [0.2, 0.25) is 5.91 Å². The zero-order chi connectivity index (χ0) is 19.4. The second-order valence-corrected chi connectivity index (χ2v) is 7.91. The Labute approximate surface area is 162 Å². The number of amides is 1. The molecule has 8 heteroatoms. The van der Waals surface area contributed by atoms with Crippen LogP contribution < -0.4 is 5.32 Å². The number of nitrogens with zero attached hydrogens (tertiary/aromatic N) is 4. The van der Waals surface area contributed by atoms with Crippen molar-refractivity contribution in [2.45, 2.75) is 33.1 Å². The summed E-state index contributed by atoms with van der Waals surface area (Å²) in [7, 11) is 0. The number of nitriles is 1. The Morgan fingerprint density at radius 2 is 2.15 bits per heavy atom. The van der Waals surface area contributed by atoms with E-state index in [0.29, 0.717) is 34.1 Å². The summed E-state index contributed by atoms with van der Waals surface area (Å²) in [6.07, 6.45) is 4.12. The van der Waals surface area contributed by atoms with Gasteiger partial charge < -0.3 is 15.3 Å². The Balaban J connectivity index is 1.65. The van der Waals surface area contributed by atoms with Gasteiger partial charge in [0.1, 0.15) is 22.5 Å². The third-order valence-electron chi connectivity index (χ3n) is 4.80. The minimum Gasteiger partial charge on any atom is -0.505 e. The first kappa shape index (κ1) is 19.3. The summed E-state index contributed by atoms with van der Waals surface area (Å²) in [5.41, 5.74) is 1.86. The van der Waals surface area contributed by atoms with Crippen LogP contribution in [0.4, 0.5) is 0 Å². The van der Waals surface area contributed by atoms with E-state index in [1.807, 2.05) is 13.0 Å². The van der Waals surface area contributed by atoms with Crippen molar-refractivity contribution in [3.63, 3.8) is 0 Å². The van der Waals surface area contributed by atoms with Crippen LogP contribution in [0.5, 0.6) is 5.75 Å². The maximum absolute atomic E-state index is 12.2. The van der Waals surface area contributed by atoms with E-state index >= 15 is 0 Å². The fourth-order valence-corrected chi connectivity index (χ4v) is 4.06. The van der Waals surface area contributed by atoms with Crippen molar-refractivity contribution in [2.24, 2.45) is 0 Å². The van der Waals surface area contributed by atoms with Gasteiger partial charge in [-0.05, 0) is 39.8 Å². The fourth-order valence-electron chi connectivity index (χ4n) is 3.13. The van der Waals surface area contributed by atoms with E-state index in [4.69, 9.17) is 5.26 Å². The molecule has 0 aliphatic carbocycles. The first-order chi connectivity index (χ1) is 13.0. The molecule has 0 radical (unpaired) electrons. The molecule has 2 aromatic rings. The molecule has 0 unspecified atom stereocenters. The molecule has 3 heterocycles. The van der Waals surface area contributed by atoms with Gasteiger partial charge in [-0.15, -0.1) is 11.3 Å². The van der Waals surface area contributed by atoms with E-state index in [1.54, 1.807) is 6.92 Å². The third kappa shape index (κ3) is 4.43. The Kier molecular flexibility index (Phi) is 6.04. The zero-order valence-corrected chi connectivity index (χ0v) is 16.4. The summed E-state index contributed by atoms with van der Waals surface area (Å²) < 4.78 is 0. The minimum atomic E-state index is -0.0534. The average molecular weight is 385 g/mol. The lowest BCUT2D eigenvalue weighted by molar-refractivity contribution is -0.120. The quantitative estimate of drug-likeness (QED) is 0.790. The van der Waals surface area contributed by atoms with E-state index in [2.05, 4.69) is 20.2 Å². The number of aromatic hydroxyl groups is 1. The molecule has 1 amide bonds. The number of rotatable bonds is 6. The van der Waals surface area contributed by atoms with Crippen molar-refractivity contribution in [1.82, 2.24) is 20.2 Å². The molecule has 7 nitrogen and oxygen atoms in total. The number of aromatic nitrogens is 2. The molecule has 0 atom stereocenters. The molecule has 3 rings (SSSR count). The fraction of sp³-hybridized carbons (Fsp3) is 0.474. The molecule has 2 aromatic heterocycles. The smallest absolute Gasteiger partial charge is 0.226 e. The number of pyridine rings is 1. The molecule has 0 aromatic carbocycles. The van der Waals surface area contributed by atoms with Gasteiger partial charge in [-0.3, -0.25) is 4.79 Å². The van der Waals surface area contributed by atoms with Crippen LogP contribution in [0.1, 0.15) is 34.5 Å². The number of aryl methyl sites for hydroxylation is 1. The molecular formula is C19H23N5O2S. The summed E-state index contributed by atoms with van der Waals surface area (Å²) in [5, 5.41) is 22.9. The summed E-state index contributed by atoms with van der Waals surface area (Å²) in [6.45, 7) is 7.34. The van der Waals surface area contributed by atoms with Crippen LogP contribution in [0.2, 0.25) is 0 Å². The van der Waals surface area contributed by atoms with Crippen LogP contribution >= 0.6 is 11.3 Å². The topological polar surface area (TPSA) is 102 Å². The second-order valence-electron chi connectivity index (χ2n) is 6.70. The van der Waals surface area contributed by atoms with E-state index < -0.39 is 0 Å². The third-order valence-corrected chi connectivity index (χ3v) is 5.82. The molecule has 1 aliphatic rings. The summed E-state index contributed by atoms with van der Waals surface area (Å²) in [5.74, 6) is -0.0910. The van der Waals surface area contributed by atoms with Crippen molar-refractivity contribution in [1.29, 1.82) is 5.26 Å². The van der Waals surface area contributed by atoms with Crippen LogP contribution in [0.15, 0.2) is 6.20 Å². The van der Waals surface area contributed by atoms with Crippen molar-refractivity contribution in [2.75, 3.05) is 26.2 Å². The molecule has 27 heavy (non-hydrogen) atoms. The van der Waals surface area contributed by atoms with Gasteiger partial charge in [0.15, 0.2) is 0 Å². The number of nitrogens with one attached hydrogen (secondary N) is 1. The average Bonchev–Trinajstić information content (AvgIpc) is 3.28. The van der Waals surface area contributed by atoms with Crippen LogP contribution in [-0.2, 0) is 11.2 Å². The largest absolute Gasteiger partial charge is 0.505 e. The summed E-state index contributed by atoms with van der Waals surface area (Å²) in [4.78, 5) is 24.2. The number of carbonyl (C=O) groups is 1. The molecule has 0 bridgehead atoms. The van der Waals surface area contributed by atoms with Gasteiger partial charge in [-0.25, -0.2) is 9.97 Å². The van der Waals surface area contributed by atoms with E-state index in [9.17, 15) is 9.90 Å². The summed E-state index contributed by atoms with van der Waals surface area (Å²) >= 11 is 1.39. The zero-order valence-electron chi connectivity index (χ0n) is 15.6. The Bertz CT molecular complexity index is 881. The predicted molar refractivity (Wildman–Crippen MR) is 104 cm³/mol. The molecule has 2 N–H and O–H groups in total. The van der Waals surface area contributed by atoms with Crippen molar-refractivity contribution in [3.8, 4) is 22.5 Å². The molecule has 1 fully saturated rings. The van der Waals surface area contributed by atoms with Gasteiger partial charge in [-0.1, -0.05) is 0 Å². The predicted octanol–water partition coefficient (Wildman–Crippen LogP) is 2.15. The lowest BCUT2D eigenvalue weighted by atomic mass is 10.1. The first-order valence-corrected chi connectivity index (χ1v) is 9.85. The van der Waals surface area contributed by atoms with Crippen molar-refractivity contribution in [3.05, 3.63) is 27.9 Å². The number of thiazole rings is 1. The summed E-state index contributed by atoms with van der Waals surface area (Å²) in [6, 6.07) is 2.00. The maximum Gasteiger partial charge on any atom is 0.226 e. The van der Waals surface area contributed by atoms with E-state index in [1.165, 1.54) is 30.4 Å². The lowest BCUT2D eigenvalue weighted by Crippen LogP contribution is -2.34. The molecule has 1 aliphatic heterocycles. The number of hydrogen-bond donors (Lipinski definition) is 2. The number of likely N-dealkylation sites (tertiary alicyclic amines) is 1. The molecule has 1 saturated heterocycles. The Morgan fingerprint density at radius 3 is 2.85 bits per heavy atom. The van der Waals surface area contributed by atoms with Crippen LogP contribution in [-0.4, -0.2) is 52.1 Å². The normalized spacial score (nSPS) is 14.3. The van der Waals surface area contributed by atoms with Gasteiger partial charge in [0.05, 0.1) is 17.7 Å². The van der Waals surface area contributed by atoms with Crippen LogP contribution in [0, 0.1) is 25.2 Å². The van der Waals surface area contributed by atoms with E-state index in [0.717, 1.165) is 24.5 Å². The molecule has 0 saturated carbocycles. The number of hydrogen-bond acceptors (Lipinski definition) is 7. The monoisotopic (exact) mass is 385 g/mol. The number of carbonyl (C=O) groups excluding carboxylic acids is 1. The van der Waals surface area contributed by atoms with Gasteiger partial charge >= 0.3 is 0 Å². The van der Waals surface area contributed by atoms with Crippen molar-refractivity contribution < 1.29 is 9.90 Å². The highest BCUT2D eigenvalue weighted by Gasteiger charge is 2.19. The maximum atomic E-state index is 12.2. The van der Waals surface area contributed by atoms with E-state index in [-0.39, 0.29) is 18.1 Å². The first-order valence-electron chi connectivity index (χ1n) is 9.04. The highest BCUT2D eigenvalue weighted by atomic mass is 32.1. The highest BCUT2D eigenvalue weighted by molar-refractivity contribution is 7.15. The van der Waals surface area contributed by atoms with Crippen LogP contribution in [0.25, 0.3) is 10.7 Å². The molecule has 0 spiro atoms. The van der Waals surface area contributed by atoms with Gasteiger partial charge in [-0.2, -0.15) is 5.26 Å².